The van der Waals surface area contributed by atoms with Gasteiger partial charge < -0.3 is 9.30 Å². The van der Waals surface area contributed by atoms with Gasteiger partial charge in [-0.1, -0.05) is 30.9 Å². The molecule has 1 aromatic heterocycles. The second-order valence-corrected chi connectivity index (χ2v) is 6.36. The molecule has 0 radical (unpaired) electrons. The van der Waals surface area contributed by atoms with Crippen molar-refractivity contribution < 1.29 is 17.9 Å². The predicted octanol–water partition coefficient (Wildman–Crippen LogP) is 5.13. The Labute approximate surface area is 139 Å². The lowest BCUT2D eigenvalue weighted by Gasteiger charge is -2.15. The highest BCUT2D eigenvalue weighted by molar-refractivity contribution is 5.89. The highest BCUT2D eigenvalue weighted by Crippen LogP contribution is 2.40. The van der Waals surface area contributed by atoms with E-state index in [0.29, 0.717) is 12.3 Å². The molecule has 0 unspecified atom stereocenters. The van der Waals surface area contributed by atoms with Gasteiger partial charge in [-0.25, -0.2) is 0 Å². The maximum atomic E-state index is 12.7. The molecule has 0 atom stereocenters. The second kappa shape index (κ2) is 6.52. The fraction of sp³-hybridized carbons (Fsp3) is 0.474. The molecule has 1 aliphatic rings. The molecule has 0 bridgehead atoms. The van der Waals surface area contributed by atoms with E-state index >= 15 is 0 Å². The smallest absolute Gasteiger partial charge is 0.364 e. The number of halogens is 3. The van der Waals surface area contributed by atoms with E-state index in [9.17, 15) is 13.2 Å². The molecule has 1 heterocycles. The summed E-state index contributed by atoms with van der Waals surface area (Å²) >= 11 is 0. The molecule has 3 rings (SSSR count). The average molecular weight is 335 g/mol. The maximum Gasteiger partial charge on any atom is 0.458 e. The van der Waals surface area contributed by atoms with E-state index in [4.69, 9.17) is 4.74 Å². The Balaban J connectivity index is 2.28. The Morgan fingerprint density at radius 1 is 1.25 bits per heavy atom. The number of ether oxygens (including phenoxy) is 1. The van der Waals surface area contributed by atoms with Crippen molar-refractivity contribution in [2.75, 3.05) is 7.11 Å². The molecule has 0 N–H and O–H groups in total. The first-order valence-electron chi connectivity index (χ1n) is 8.12. The first-order valence-corrected chi connectivity index (χ1v) is 8.12. The van der Waals surface area contributed by atoms with Gasteiger partial charge in [0.05, 0.1) is 11.1 Å². The van der Waals surface area contributed by atoms with Crippen molar-refractivity contribution in [3.63, 3.8) is 0 Å². The maximum absolute atomic E-state index is 12.7. The van der Waals surface area contributed by atoms with E-state index in [2.05, 4.69) is 5.92 Å². The molecule has 1 saturated carbocycles. The van der Waals surface area contributed by atoms with Crippen molar-refractivity contribution >= 4 is 10.9 Å². The molecular weight excluding hydrogens is 315 g/mol. The zero-order valence-electron chi connectivity index (χ0n) is 13.8. The highest BCUT2D eigenvalue weighted by Gasteiger charge is 2.28. The quantitative estimate of drug-likeness (QED) is 0.710. The summed E-state index contributed by atoms with van der Waals surface area (Å²) in [6, 6.07) is 5.78. The fourth-order valence-electron chi connectivity index (χ4n) is 3.64. The third-order valence-corrected chi connectivity index (χ3v) is 4.59. The monoisotopic (exact) mass is 335 g/mol. The molecular formula is C19H20F3NO. The van der Waals surface area contributed by atoms with Crippen LogP contribution in [0.25, 0.3) is 10.9 Å². The summed E-state index contributed by atoms with van der Waals surface area (Å²) in [5, 5.41) is 0.774. The minimum absolute atomic E-state index is 0.241. The van der Waals surface area contributed by atoms with Gasteiger partial charge in [0.25, 0.3) is 0 Å². The molecule has 1 aromatic carbocycles. The second-order valence-electron chi connectivity index (χ2n) is 6.36. The van der Waals surface area contributed by atoms with Crippen molar-refractivity contribution in [1.82, 2.24) is 4.57 Å². The standard InChI is InChI=1S/C19H20F3NO/c1-13-7-8-15-16(9-10-19(20,21)22)18(14-5-3-4-6-14)23(12-24-2)17(15)11-13/h7-8,11,14H,3-6,12H2,1-2H3. The predicted molar refractivity (Wildman–Crippen MR) is 87.8 cm³/mol. The van der Waals surface area contributed by atoms with Crippen LogP contribution in [0.1, 0.15) is 48.4 Å². The first-order chi connectivity index (χ1) is 11.4. The molecule has 0 saturated heterocycles. The summed E-state index contributed by atoms with van der Waals surface area (Å²) in [5.41, 5.74) is 3.36. The van der Waals surface area contributed by atoms with E-state index in [1.54, 1.807) is 7.11 Å². The van der Waals surface area contributed by atoms with E-state index in [1.807, 2.05) is 29.7 Å². The molecule has 1 aliphatic carbocycles. The summed E-state index contributed by atoms with van der Waals surface area (Å²) < 4.78 is 45.3. The van der Waals surface area contributed by atoms with Crippen LogP contribution >= 0.6 is 0 Å². The summed E-state index contributed by atoms with van der Waals surface area (Å²) in [5.74, 6) is 4.12. The Morgan fingerprint density at radius 2 is 1.96 bits per heavy atom. The number of methoxy groups -OCH3 is 1. The number of fused-ring (bicyclic) bond motifs is 1. The van der Waals surface area contributed by atoms with Gasteiger partial charge in [-0.3, -0.25) is 0 Å². The van der Waals surface area contributed by atoms with Gasteiger partial charge in [0.1, 0.15) is 6.73 Å². The zero-order chi connectivity index (χ0) is 17.3. The van der Waals surface area contributed by atoms with Crippen LogP contribution in [-0.2, 0) is 11.5 Å². The molecule has 2 aromatic rings. The lowest BCUT2D eigenvalue weighted by atomic mass is 9.98. The van der Waals surface area contributed by atoms with Gasteiger partial charge in [-0.05, 0) is 31.4 Å². The Morgan fingerprint density at radius 3 is 2.58 bits per heavy atom. The number of alkyl halides is 3. The first kappa shape index (κ1) is 16.9. The van der Waals surface area contributed by atoms with Crippen molar-refractivity contribution in [2.24, 2.45) is 0 Å². The topological polar surface area (TPSA) is 14.2 Å². The minimum Gasteiger partial charge on any atom is -0.364 e. The SMILES string of the molecule is COCn1c(C2CCCC2)c(C#CC(F)(F)F)c2ccc(C)cc21. The number of nitrogens with zero attached hydrogens (tertiary/aromatic N) is 1. The van der Waals surface area contributed by atoms with Crippen LogP contribution < -0.4 is 0 Å². The van der Waals surface area contributed by atoms with Crippen LogP contribution in [0.15, 0.2) is 18.2 Å². The Hall–Kier alpha value is -1.93. The van der Waals surface area contributed by atoms with Crippen LogP contribution in [0.5, 0.6) is 0 Å². The molecule has 128 valence electrons. The Bertz CT molecular complexity index is 802. The van der Waals surface area contributed by atoms with Gasteiger partial charge in [0.2, 0.25) is 0 Å². The third-order valence-electron chi connectivity index (χ3n) is 4.59. The van der Waals surface area contributed by atoms with Crippen LogP contribution in [0.2, 0.25) is 0 Å². The van der Waals surface area contributed by atoms with Crippen molar-refractivity contribution in [1.29, 1.82) is 0 Å². The van der Waals surface area contributed by atoms with Gasteiger partial charge in [0.15, 0.2) is 0 Å². The van der Waals surface area contributed by atoms with Gasteiger partial charge in [-0.2, -0.15) is 13.2 Å². The van der Waals surface area contributed by atoms with Gasteiger partial charge in [-0.15, -0.1) is 0 Å². The minimum atomic E-state index is -4.49. The summed E-state index contributed by atoms with van der Waals surface area (Å²) in [6.45, 7) is 2.29. The molecule has 0 aliphatic heterocycles. The average Bonchev–Trinajstić information content (AvgIpc) is 3.11. The summed E-state index contributed by atoms with van der Waals surface area (Å²) in [4.78, 5) is 0. The van der Waals surface area contributed by atoms with Crippen LogP contribution in [0, 0.1) is 18.8 Å². The largest absolute Gasteiger partial charge is 0.458 e. The van der Waals surface area contributed by atoms with Crippen molar-refractivity contribution in [3.8, 4) is 11.8 Å². The van der Waals surface area contributed by atoms with Crippen LogP contribution in [-0.4, -0.2) is 17.9 Å². The molecule has 1 fully saturated rings. The molecule has 24 heavy (non-hydrogen) atoms. The van der Waals surface area contributed by atoms with E-state index in [1.165, 1.54) is 5.92 Å². The van der Waals surface area contributed by atoms with Gasteiger partial charge >= 0.3 is 6.18 Å². The number of rotatable bonds is 3. The molecule has 0 spiro atoms. The van der Waals surface area contributed by atoms with Crippen molar-refractivity contribution in [2.45, 2.75) is 51.4 Å². The van der Waals surface area contributed by atoms with E-state index in [-0.39, 0.29) is 5.92 Å². The third kappa shape index (κ3) is 3.29. The molecule has 0 amide bonds. The summed E-state index contributed by atoms with van der Waals surface area (Å²) in [6.07, 6.45) is -0.318. The number of aryl methyl sites for hydroxylation is 1. The van der Waals surface area contributed by atoms with Crippen LogP contribution in [0.3, 0.4) is 0 Å². The molecule has 5 heteroatoms. The number of aromatic nitrogens is 1. The van der Waals surface area contributed by atoms with Gasteiger partial charge in [0, 0.05) is 30.0 Å². The number of hydrogen-bond acceptors (Lipinski definition) is 1. The number of benzene rings is 1. The highest BCUT2D eigenvalue weighted by atomic mass is 19.4. The lowest BCUT2D eigenvalue weighted by molar-refractivity contribution is -0.0696. The van der Waals surface area contributed by atoms with E-state index in [0.717, 1.165) is 47.8 Å². The van der Waals surface area contributed by atoms with Crippen molar-refractivity contribution in [3.05, 3.63) is 35.0 Å². The lowest BCUT2D eigenvalue weighted by Crippen LogP contribution is -2.09. The normalized spacial score (nSPS) is 15.7. The fourth-order valence-corrected chi connectivity index (χ4v) is 3.64. The Kier molecular flexibility index (Phi) is 4.60. The number of hydrogen-bond donors (Lipinski definition) is 0. The zero-order valence-corrected chi connectivity index (χ0v) is 13.8. The van der Waals surface area contributed by atoms with E-state index < -0.39 is 6.18 Å². The summed E-state index contributed by atoms with van der Waals surface area (Å²) in [7, 11) is 1.60. The van der Waals surface area contributed by atoms with Crippen LogP contribution in [0.4, 0.5) is 13.2 Å². The molecule has 2 nitrogen and oxygen atoms in total.